The second-order valence-corrected chi connectivity index (χ2v) is 6.96. The molecule has 1 rings (SSSR count). The normalized spacial score (nSPS) is 13.1. The molecule has 3 nitrogen and oxygen atoms in total. The maximum atomic E-state index is 12.0. The summed E-state index contributed by atoms with van der Waals surface area (Å²) in [7, 11) is 0. The summed E-state index contributed by atoms with van der Waals surface area (Å²) in [6, 6.07) is 8.04. The van der Waals surface area contributed by atoms with Gasteiger partial charge in [0.2, 0.25) is 5.91 Å². The van der Waals surface area contributed by atoms with Gasteiger partial charge in [0.1, 0.15) is 0 Å². The molecule has 0 radical (unpaired) electrons. The van der Waals surface area contributed by atoms with Crippen LogP contribution in [-0.4, -0.2) is 12.5 Å². The molecule has 0 aromatic heterocycles. The molecule has 0 heterocycles. The Hall–Kier alpha value is -0.870. The minimum absolute atomic E-state index is 0.0256. The van der Waals surface area contributed by atoms with Crippen LogP contribution in [0, 0.1) is 5.41 Å². The molecule has 0 aliphatic carbocycles. The van der Waals surface area contributed by atoms with Gasteiger partial charge >= 0.3 is 0 Å². The number of nitrogens with two attached hydrogens (primary N) is 1. The van der Waals surface area contributed by atoms with Crippen molar-refractivity contribution in [1.29, 1.82) is 0 Å². The molecule has 1 amide bonds. The highest BCUT2D eigenvalue weighted by Gasteiger charge is 2.19. The number of carbonyl (C=O) groups excluding carboxylic acids is 1. The van der Waals surface area contributed by atoms with Gasteiger partial charge in [0.05, 0.1) is 6.04 Å². The second-order valence-electron chi connectivity index (χ2n) is 6.05. The van der Waals surface area contributed by atoms with Gasteiger partial charge in [-0.05, 0) is 49.4 Å². The van der Waals surface area contributed by atoms with Gasteiger partial charge in [0.15, 0.2) is 0 Å². The summed E-state index contributed by atoms with van der Waals surface area (Å²) in [6.07, 6.45) is 2.36. The number of halogens is 1. The molecule has 1 atom stereocenters. The van der Waals surface area contributed by atoms with Crippen molar-refractivity contribution in [3.63, 3.8) is 0 Å². The quantitative estimate of drug-likeness (QED) is 0.793. The van der Waals surface area contributed by atoms with E-state index in [1.54, 1.807) is 0 Å². The fourth-order valence-electron chi connectivity index (χ4n) is 2.14. The Labute approximate surface area is 130 Å². The lowest BCUT2D eigenvalue weighted by atomic mass is 9.84. The maximum Gasteiger partial charge on any atom is 0.220 e. The van der Waals surface area contributed by atoms with Crippen LogP contribution >= 0.6 is 15.9 Å². The van der Waals surface area contributed by atoms with E-state index in [0.29, 0.717) is 13.0 Å². The molecule has 0 saturated carbocycles. The van der Waals surface area contributed by atoms with Crippen LogP contribution in [0.25, 0.3) is 0 Å². The predicted molar refractivity (Wildman–Crippen MR) is 87.4 cm³/mol. The topological polar surface area (TPSA) is 55.1 Å². The molecule has 0 unspecified atom stereocenters. The molecule has 0 spiro atoms. The SMILES string of the molecule is C[C@@H](NC(=O)CCC(C)(C)CCN)c1cccc(Br)c1. The molecular formula is C16H25BrN2O. The highest BCUT2D eigenvalue weighted by Crippen LogP contribution is 2.26. The molecule has 0 fully saturated rings. The molecular weight excluding hydrogens is 316 g/mol. The predicted octanol–water partition coefficient (Wildman–Crippen LogP) is 3.78. The van der Waals surface area contributed by atoms with Gasteiger partial charge in [0.25, 0.3) is 0 Å². The average Bonchev–Trinajstić information content (AvgIpc) is 2.36. The van der Waals surface area contributed by atoms with Crippen molar-refractivity contribution in [2.24, 2.45) is 11.1 Å². The number of hydrogen-bond acceptors (Lipinski definition) is 2. The van der Waals surface area contributed by atoms with Crippen molar-refractivity contribution < 1.29 is 4.79 Å². The first-order valence-electron chi connectivity index (χ1n) is 7.09. The van der Waals surface area contributed by atoms with Crippen LogP contribution in [0.2, 0.25) is 0 Å². The van der Waals surface area contributed by atoms with E-state index in [9.17, 15) is 4.79 Å². The minimum atomic E-state index is 0.0256. The van der Waals surface area contributed by atoms with Crippen molar-refractivity contribution in [2.45, 2.75) is 46.1 Å². The summed E-state index contributed by atoms with van der Waals surface area (Å²) in [5, 5.41) is 3.05. The van der Waals surface area contributed by atoms with Crippen molar-refractivity contribution in [1.82, 2.24) is 5.32 Å². The zero-order valence-electron chi connectivity index (χ0n) is 12.6. The van der Waals surface area contributed by atoms with E-state index in [-0.39, 0.29) is 17.4 Å². The monoisotopic (exact) mass is 340 g/mol. The smallest absolute Gasteiger partial charge is 0.220 e. The summed E-state index contributed by atoms with van der Waals surface area (Å²) in [5.74, 6) is 0.0996. The third kappa shape index (κ3) is 6.06. The van der Waals surface area contributed by atoms with Crippen molar-refractivity contribution in [3.05, 3.63) is 34.3 Å². The van der Waals surface area contributed by atoms with Crippen LogP contribution in [0.15, 0.2) is 28.7 Å². The third-order valence-corrected chi connectivity index (χ3v) is 4.07. The fraction of sp³-hybridized carbons (Fsp3) is 0.562. The number of hydrogen-bond donors (Lipinski definition) is 2. The Kier molecular flexibility index (Phi) is 6.69. The first kappa shape index (κ1) is 17.2. The van der Waals surface area contributed by atoms with Gasteiger partial charge in [-0.2, -0.15) is 0 Å². The molecule has 1 aromatic carbocycles. The highest BCUT2D eigenvalue weighted by atomic mass is 79.9. The summed E-state index contributed by atoms with van der Waals surface area (Å²) >= 11 is 3.45. The lowest BCUT2D eigenvalue weighted by Gasteiger charge is -2.24. The third-order valence-electron chi connectivity index (χ3n) is 3.58. The summed E-state index contributed by atoms with van der Waals surface area (Å²) < 4.78 is 1.03. The van der Waals surface area contributed by atoms with Crippen LogP contribution in [0.4, 0.5) is 0 Å². The van der Waals surface area contributed by atoms with Gasteiger partial charge < -0.3 is 11.1 Å². The van der Waals surface area contributed by atoms with E-state index in [1.807, 2.05) is 31.2 Å². The second kappa shape index (κ2) is 7.79. The Morgan fingerprint density at radius 2 is 2.10 bits per heavy atom. The zero-order valence-corrected chi connectivity index (χ0v) is 14.2. The number of amides is 1. The zero-order chi connectivity index (χ0) is 15.2. The number of carbonyl (C=O) groups is 1. The van der Waals surface area contributed by atoms with E-state index in [0.717, 1.165) is 22.9 Å². The largest absolute Gasteiger partial charge is 0.350 e. The average molecular weight is 341 g/mol. The highest BCUT2D eigenvalue weighted by molar-refractivity contribution is 9.10. The Morgan fingerprint density at radius 1 is 1.40 bits per heavy atom. The van der Waals surface area contributed by atoms with Crippen LogP contribution in [-0.2, 0) is 4.79 Å². The van der Waals surface area contributed by atoms with E-state index in [1.165, 1.54) is 0 Å². The summed E-state index contributed by atoms with van der Waals surface area (Å²) in [6.45, 7) is 6.99. The van der Waals surface area contributed by atoms with Crippen LogP contribution in [0.3, 0.4) is 0 Å². The van der Waals surface area contributed by atoms with E-state index >= 15 is 0 Å². The van der Waals surface area contributed by atoms with Gasteiger partial charge in [-0.25, -0.2) is 0 Å². The van der Waals surface area contributed by atoms with Crippen LogP contribution < -0.4 is 11.1 Å². The number of benzene rings is 1. The molecule has 112 valence electrons. The molecule has 0 aliphatic rings. The van der Waals surface area contributed by atoms with Crippen LogP contribution in [0.1, 0.15) is 51.6 Å². The van der Waals surface area contributed by atoms with Crippen molar-refractivity contribution in [3.8, 4) is 0 Å². The van der Waals surface area contributed by atoms with Crippen LogP contribution in [0.5, 0.6) is 0 Å². The van der Waals surface area contributed by atoms with Gasteiger partial charge in [0, 0.05) is 10.9 Å². The molecule has 1 aromatic rings. The number of rotatable bonds is 7. The van der Waals surface area contributed by atoms with E-state index in [2.05, 4.69) is 35.1 Å². The molecule has 4 heteroatoms. The molecule has 3 N–H and O–H groups in total. The Morgan fingerprint density at radius 3 is 2.70 bits per heavy atom. The lowest BCUT2D eigenvalue weighted by molar-refractivity contribution is -0.122. The molecule has 0 bridgehead atoms. The maximum absolute atomic E-state index is 12.0. The van der Waals surface area contributed by atoms with E-state index < -0.39 is 0 Å². The first-order valence-corrected chi connectivity index (χ1v) is 7.88. The summed E-state index contributed by atoms with van der Waals surface area (Å²) in [5.41, 5.74) is 6.82. The summed E-state index contributed by atoms with van der Waals surface area (Å²) in [4.78, 5) is 12.0. The molecule has 0 aliphatic heterocycles. The van der Waals surface area contributed by atoms with Crippen molar-refractivity contribution >= 4 is 21.8 Å². The van der Waals surface area contributed by atoms with Gasteiger partial charge in [-0.15, -0.1) is 0 Å². The Bertz CT molecular complexity index is 446. The van der Waals surface area contributed by atoms with E-state index in [4.69, 9.17) is 5.73 Å². The lowest BCUT2D eigenvalue weighted by Crippen LogP contribution is -2.28. The van der Waals surface area contributed by atoms with Crippen molar-refractivity contribution in [2.75, 3.05) is 6.54 Å². The van der Waals surface area contributed by atoms with Gasteiger partial charge in [-0.1, -0.05) is 41.9 Å². The number of nitrogens with one attached hydrogen (secondary N) is 1. The minimum Gasteiger partial charge on any atom is -0.350 e. The standard InChI is InChI=1S/C16H25BrN2O/c1-12(13-5-4-6-14(17)11-13)19-15(20)7-8-16(2,3)9-10-18/h4-6,11-12H,7-10,18H2,1-3H3,(H,19,20)/t12-/m1/s1. The molecule has 20 heavy (non-hydrogen) atoms. The fourth-order valence-corrected chi connectivity index (χ4v) is 2.56. The Balaban J connectivity index is 2.46. The van der Waals surface area contributed by atoms with Gasteiger partial charge in [-0.3, -0.25) is 4.79 Å². The first-order chi connectivity index (χ1) is 9.34. The molecule has 0 saturated heterocycles.